The number of para-hydroxylation sites is 1. The Morgan fingerprint density at radius 3 is 2.93 bits per heavy atom. The molecule has 1 saturated carbocycles. The zero-order chi connectivity index (χ0) is 18.2. The fourth-order valence-electron chi connectivity index (χ4n) is 4.07. The third-order valence-corrected chi connectivity index (χ3v) is 5.94. The summed E-state index contributed by atoms with van der Waals surface area (Å²) in [6.07, 6.45) is 4.40. The molecule has 0 atom stereocenters. The van der Waals surface area contributed by atoms with Crippen molar-refractivity contribution >= 4 is 5.91 Å². The van der Waals surface area contributed by atoms with Gasteiger partial charge in [0.25, 0.3) is 0 Å². The van der Waals surface area contributed by atoms with Gasteiger partial charge in [-0.05, 0) is 18.9 Å². The molecule has 1 amide bonds. The van der Waals surface area contributed by atoms with Crippen molar-refractivity contribution in [3.8, 4) is 5.75 Å². The second-order valence-corrected chi connectivity index (χ2v) is 7.78. The lowest BCUT2D eigenvalue weighted by Gasteiger charge is -2.28. The van der Waals surface area contributed by atoms with Crippen molar-refractivity contribution in [1.82, 2.24) is 14.8 Å². The lowest BCUT2D eigenvalue weighted by Crippen LogP contribution is -2.43. The van der Waals surface area contributed by atoms with Crippen LogP contribution in [0.4, 0.5) is 0 Å². The number of hydrogen-bond acceptors (Lipinski definition) is 5. The summed E-state index contributed by atoms with van der Waals surface area (Å²) in [5.41, 5.74) is 2.10. The number of hydrogen-bond donors (Lipinski definition) is 0. The number of rotatable bonds is 3. The van der Waals surface area contributed by atoms with E-state index in [9.17, 15) is 4.79 Å². The Morgan fingerprint density at radius 1 is 1.19 bits per heavy atom. The van der Waals surface area contributed by atoms with Crippen LogP contribution in [0.15, 0.2) is 28.7 Å². The Labute approximate surface area is 159 Å². The Balaban J connectivity index is 1.23. The maximum absolute atomic E-state index is 12.9. The summed E-state index contributed by atoms with van der Waals surface area (Å²) in [6.45, 7) is 3.83. The van der Waals surface area contributed by atoms with E-state index in [-0.39, 0.29) is 5.91 Å². The zero-order valence-electron chi connectivity index (χ0n) is 15.5. The second kappa shape index (κ2) is 7.00. The quantitative estimate of drug-likeness (QED) is 0.835. The van der Waals surface area contributed by atoms with Crippen LogP contribution in [0.25, 0.3) is 0 Å². The SMILES string of the molecule is O=C(CN1CCOc2ccccc2C1)N1CCc2oc(C3CCC3)nc2C1. The highest BCUT2D eigenvalue weighted by Crippen LogP contribution is 2.37. The van der Waals surface area contributed by atoms with Gasteiger partial charge in [-0.25, -0.2) is 4.98 Å². The summed E-state index contributed by atoms with van der Waals surface area (Å²) in [4.78, 5) is 21.7. The van der Waals surface area contributed by atoms with E-state index in [0.29, 0.717) is 32.2 Å². The number of amides is 1. The maximum Gasteiger partial charge on any atom is 0.237 e. The first-order valence-electron chi connectivity index (χ1n) is 9.95. The van der Waals surface area contributed by atoms with Gasteiger partial charge < -0.3 is 14.1 Å². The minimum atomic E-state index is 0.160. The van der Waals surface area contributed by atoms with Crippen molar-refractivity contribution in [2.45, 2.75) is 44.7 Å². The van der Waals surface area contributed by atoms with Crippen LogP contribution in [-0.4, -0.2) is 46.9 Å². The summed E-state index contributed by atoms with van der Waals surface area (Å²) in [5, 5.41) is 0. The first kappa shape index (κ1) is 16.8. The van der Waals surface area contributed by atoms with E-state index in [1.165, 1.54) is 19.3 Å². The van der Waals surface area contributed by atoms with Gasteiger partial charge in [0.2, 0.25) is 5.91 Å². The Bertz CT molecular complexity index is 843. The molecule has 6 nitrogen and oxygen atoms in total. The molecule has 2 aliphatic heterocycles. The van der Waals surface area contributed by atoms with Crippen molar-refractivity contribution in [2.24, 2.45) is 0 Å². The molecular formula is C21H25N3O3. The first-order valence-corrected chi connectivity index (χ1v) is 9.95. The van der Waals surface area contributed by atoms with Gasteiger partial charge in [-0.3, -0.25) is 9.69 Å². The number of fused-ring (bicyclic) bond motifs is 2. The fourth-order valence-corrected chi connectivity index (χ4v) is 4.07. The van der Waals surface area contributed by atoms with E-state index in [2.05, 4.69) is 11.0 Å². The molecule has 27 heavy (non-hydrogen) atoms. The summed E-state index contributed by atoms with van der Waals surface area (Å²) in [7, 11) is 0. The lowest BCUT2D eigenvalue weighted by molar-refractivity contribution is -0.133. The smallest absolute Gasteiger partial charge is 0.237 e. The van der Waals surface area contributed by atoms with Gasteiger partial charge in [0.05, 0.1) is 13.1 Å². The van der Waals surface area contributed by atoms with Crippen molar-refractivity contribution < 1.29 is 13.9 Å². The average molecular weight is 367 g/mol. The minimum Gasteiger partial charge on any atom is -0.492 e. The number of benzene rings is 1. The standard InChI is InChI=1S/C21H25N3O3/c25-20(14-23-10-11-26-18-7-2-1-4-16(18)12-23)24-9-8-19-17(13-24)22-21(27-19)15-5-3-6-15/h1-2,4,7,15H,3,5-6,8-14H2. The summed E-state index contributed by atoms with van der Waals surface area (Å²) >= 11 is 0. The topological polar surface area (TPSA) is 58.8 Å². The predicted octanol–water partition coefficient (Wildman–Crippen LogP) is 2.72. The zero-order valence-corrected chi connectivity index (χ0v) is 15.5. The molecule has 1 aromatic carbocycles. The van der Waals surface area contributed by atoms with Gasteiger partial charge in [-0.15, -0.1) is 0 Å². The number of nitrogens with zero attached hydrogens (tertiary/aromatic N) is 3. The molecule has 0 spiro atoms. The molecular weight excluding hydrogens is 342 g/mol. The highest BCUT2D eigenvalue weighted by molar-refractivity contribution is 5.78. The molecule has 3 aliphatic rings. The number of aromatic nitrogens is 1. The van der Waals surface area contributed by atoms with Crippen LogP contribution in [0.2, 0.25) is 0 Å². The van der Waals surface area contributed by atoms with Crippen LogP contribution >= 0.6 is 0 Å². The minimum absolute atomic E-state index is 0.160. The third-order valence-electron chi connectivity index (χ3n) is 5.94. The van der Waals surface area contributed by atoms with E-state index in [1.54, 1.807) is 0 Å². The molecule has 3 heterocycles. The molecule has 0 radical (unpaired) electrons. The summed E-state index contributed by atoms with van der Waals surface area (Å²) in [6, 6.07) is 8.07. The van der Waals surface area contributed by atoms with Gasteiger partial charge in [0.1, 0.15) is 23.8 Å². The van der Waals surface area contributed by atoms with E-state index < -0.39 is 0 Å². The molecule has 5 rings (SSSR count). The molecule has 1 aromatic heterocycles. The highest BCUT2D eigenvalue weighted by Gasteiger charge is 2.30. The van der Waals surface area contributed by atoms with Crippen LogP contribution in [0, 0.1) is 0 Å². The van der Waals surface area contributed by atoms with Crippen molar-refractivity contribution in [1.29, 1.82) is 0 Å². The van der Waals surface area contributed by atoms with Crippen LogP contribution in [0.5, 0.6) is 5.75 Å². The Morgan fingerprint density at radius 2 is 2.07 bits per heavy atom. The third kappa shape index (κ3) is 3.34. The van der Waals surface area contributed by atoms with Crippen LogP contribution < -0.4 is 4.74 Å². The van der Waals surface area contributed by atoms with E-state index in [0.717, 1.165) is 48.2 Å². The average Bonchev–Trinajstić information content (AvgIpc) is 2.92. The first-order chi connectivity index (χ1) is 13.3. The summed E-state index contributed by atoms with van der Waals surface area (Å²) < 4.78 is 11.8. The van der Waals surface area contributed by atoms with Gasteiger partial charge in [-0.1, -0.05) is 24.6 Å². The van der Waals surface area contributed by atoms with E-state index in [4.69, 9.17) is 14.1 Å². The van der Waals surface area contributed by atoms with Gasteiger partial charge in [0, 0.05) is 37.5 Å². The van der Waals surface area contributed by atoms with Crippen LogP contribution in [0.3, 0.4) is 0 Å². The van der Waals surface area contributed by atoms with Crippen molar-refractivity contribution in [2.75, 3.05) is 26.2 Å². The van der Waals surface area contributed by atoms with E-state index in [1.807, 2.05) is 23.1 Å². The number of carbonyl (C=O) groups is 1. The van der Waals surface area contributed by atoms with E-state index >= 15 is 0 Å². The van der Waals surface area contributed by atoms with Crippen LogP contribution in [-0.2, 0) is 24.3 Å². The van der Waals surface area contributed by atoms with Crippen molar-refractivity contribution in [3.63, 3.8) is 0 Å². The largest absolute Gasteiger partial charge is 0.492 e. The molecule has 0 bridgehead atoms. The monoisotopic (exact) mass is 367 g/mol. The molecule has 142 valence electrons. The number of carbonyl (C=O) groups excluding carboxylic acids is 1. The highest BCUT2D eigenvalue weighted by atomic mass is 16.5. The molecule has 1 fully saturated rings. The predicted molar refractivity (Wildman–Crippen MR) is 99.4 cm³/mol. The molecule has 2 aromatic rings. The van der Waals surface area contributed by atoms with Crippen LogP contribution in [0.1, 0.15) is 48.1 Å². The number of oxazole rings is 1. The molecule has 6 heteroatoms. The second-order valence-electron chi connectivity index (χ2n) is 7.78. The maximum atomic E-state index is 12.9. The Hall–Kier alpha value is -2.34. The number of ether oxygens (including phenoxy) is 1. The van der Waals surface area contributed by atoms with Gasteiger partial charge in [0.15, 0.2) is 5.89 Å². The summed E-state index contributed by atoms with van der Waals surface area (Å²) in [5.74, 6) is 3.46. The molecule has 0 unspecified atom stereocenters. The normalized spacial score (nSPS) is 20.2. The van der Waals surface area contributed by atoms with Crippen molar-refractivity contribution in [3.05, 3.63) is 47.2 Å². The molecule has 1 aliphatic carbocycles. The lowest BCUT2D eigenvalue weighted by atomic mass is 9.85. The fraction of sp³-hybridized carbons (Fsp3) is 0.524. The molecule has 0 saturated heterocycles. The Kier molecular flexibility index (Phi) is 4.36. The molecule has 0 N–H and O–H groups in total. The van der Waals surface area contributed by atoms with Gasteiger partial charge >= 0.3 is 0 Å². The van der Waals surface area contributed by atoms with Gasteiger partial charge in [-0.2, -0.15) is 0 Å².